The van der Waals surface area contributed by atoms with E-state index in [-0.39, 0.29) is 35.5 Å². The van der Waals surface area contributed by atoms with Crippen molar-refractivity contribution in [2.24, 2.45) is 39.4 Å². The lowest BCUT2D eigenvalue weighted by atomic mass is 9.49. The van der Waals surface area contributed by atoms with E-state index in [0.29, 0.717) is 80.4 Å². The van der Waals surface area contributed by atoms with Crippen LogP contribution in [0.4, 0.5) is 0 Å². The zero-order valence-electron chi connectivity index (χ0n) is 38.4. The molecule has 0 aromatic heterocycles. The van der Waals surface area contributed by atoms with Crippen LogP contribution in [0.1, 0.15) is 157 Å². The number of allylic oxidation sites excluding steroid dienone is 2. The Morgan fingerprint density at radius 1 is 0.794 bits per heavy atom. The summed E-state index contributed by atoms with van der Waals surface area (Å²) in [7, 11) is 0. The van der Waals surface area contributed by atoms with Crippen molar-refractivity contribution in [3.05, 3.63) is 107 Å². The van der Waals surface area contributed by atoms with Crippen molar-refractivity contribution in [3.8, 4) is 11.1 Å². The number of fused-ring (bicyclic) bond motifs is 10. The summed E-state index contributed by atoms with van der Waals surface area (Å²) < 4.78 is 6.36. The van der Waals surface area contributed by atoms with E-state index in [0.717, 1.165) is 54.4 Å². The summed E-state index contributed by atoms with van der Waals surface area (Å²) in [4.78, 5) is 46.8. The first kappa shape index (κ1) is 42.9. The Labute approximate surface area is 375 Å². The molecule has 334 valence electrons. The molecule has 7 heteroatoms. The van der Waals surface area contributed by atoms with Crippen molar-refractivity contribution in [2.45, 2.75) is 154 Å². The van der Waals surface area contributed by atoms with Gasteiger partial charge in [0.1, 0.15) is 0 Å². The molecule has 2 N–H and O–H groups in total. The molecule has 3 aromatic carbocycles. The van der Waals surface area contributed by atoms with Crippen molar-refractivity contribution in [1.29, 1.82) is 0 Å². The molecular weight excluding hydrogens is 783 g/mol. The average molecular weight is 852 g/mol. The van der Waals surface area contributed by atoms with E-state index in [9.17, 15) is 15.0 Å². The number of ketones is 1. The third-order valence-electron chi connectivity index (χ3n) is 19.0. The molecule has 12 rings (SSSR count). The second-order valence-electron chi connectivity index (χ2n) is 22.9. The van der Waals surface area contributed by atoms with Crippen molar-refractivity contribution in [2.75, 3.05) is 13.1 Å². The second kappa shape index (κ2) is 15.3. The molecule has 7 fully saturated rings. The molecule has 1 saturated heterocycles. The van der Waals surface area contributed by atoms with Gasteiger partial charge in [-0.05, 0) is 168 Å². The quantitative estimate of drug-likeness (QED) is 0.133. The number of nitrogens with zero attached hydrogens (tertiary/aromatic N) is 1. The molecule has 6 atom stereocenters. The lowest BCUT2D eigenvalue weighted by molar-refractivity contribution is -0.181. The minimum Gasteiger partial charge on any atom is -0.448 e. The van der Waals surface area contributed by atoms with Crippen molar-refractivity contribution in [3.63, 3.8) is 0 Å². The first-order chi connectivity index (χ1) is 30.0. The highest BCUT2D eigenvalue weighted by Gasteiger charge is 2.76. The van der Waals surface area contributed by atoms with Crippen LogP contribution < -0.4 is 0 Å². The molecule has 0 unspecified atom stereocenters. The summed E-state index contributed by atoms with van der Waals surface area (Å²) in [5.74, 6) is 1.44. The number of hydrogen-bond donors (Lipinski definition) is 2. The Bertz CT molecular complexity index is 2310. The Balaban J connectivity index is 1.07. The average Bonchev–Trinajstić information content (AvgIpc) is 3.69. The van der Waals surface area contributed by atoms with Crippen LogP contribution in [0.3, 0.4) is 0 Å². The maximum absolute atomic E-state index is 15.8. The van der Waals surface area contributed by atoms with Gasteiger partial charge >= 0.3 is 5.97 Å². The fraction of sp³-hybridized carbons (Fsp3) is 0.589. The largest absolute Gasteiger partial charge is 0.448 e. The maximum Gasteiger partial charge on any atom is 0.313 e. The lowest BCUT2D eigenvalue weighted by Crippen LogP contribution is -2.63. The Kier molecular flexibility index (Phi) is 10.4. The van der Waals surface area contributed by atoms with Gasteiger partial charge in [-0.3, -0.25) is 14.4 Å². The molecule has 63 heavy (non-hydrogen) atoms. The molecule has 1 aliphatic heterocycles. The lowest BCUT2D eigenvalue weighted by Gasteiger charge is -2.58. The number of aliphatic hydroxyl groups excluding tert-OH is 1. The van der Waals surface area contributed by atoms with E-state index in [1.807, 2.05) is 72.5 Å². The van der Waals surface area contributed by atoms with Gasteiger partial charge in [0.2, 0.25) is 0 Å². The van der Waals surface area contributed by atoms with Gasteiger partial charge in [0.15, 0.2) is 11.4 Å². The SMILES string of the molecule is CC1=CCC[C@@]2(C)[C@@H](CC[C@@]2(O)CN(CC23CC4CC(CC(C4)C2)C3)C(=O)[C@@]23CC[C@@](C)(C(=O)O2)C3(C)C)c2ccc(cc2C(=O)c2ccccc2-c2ccccc2)C[C@@H](O)CC1. The zero-order chi connectivity index (χ0) is 44.2. The van der Waals surface area contributed by atoms with Crippen LogP contribution in [0.5, 0.6) is 0 Å². The van der Waals surface area contributed by atoms with E-state index in [1.54, 1.807) is 0 Å². The van der Waals surface area contributed by atoms with Gasteiger partial charge in [-0.2, -0.15) is 0 Å². The number of esters is 1. The third-order valence-corrected chi connectivity index (χ3v) is 19.0. The molecule has 1 amide bonds. The van der Waals surface area contributed by atoms with E-state index < -0.39 is 33.6 Å². The number of carbonyl (C=O) groups is 3. The summed E-state index contributed by atoms with van der Waals surface area (Å²) in [6.45, 7) is 11.2. The Morgan fingerprint density at radius 3 is 2.14 bits per heavy atom. The highest BCUT2D eigenvalue weighted by Crippen LogP contribution is 2.67. The molecule has 3 aromatic rings. The van der Waals surface area contributed by atoms with Crippen LogP contribution in [0.15, 0.2) is 84.4 Å². The number of ether oxygens (including phenoxy) is 1. The van der Waals surface area contributed by atoms with Crippen LogP contribution in [-0.2, 0) is 20.7 Å². The van der Waals surface area contributed by atoms with Gasteiger partial charge < -0.3 is 19.8 Å². The number of carbonyl (C=O) groups excluding carboxylic acids is 3. The van der Waals surface area contributed by atoms with Crippen LogP contribution >= 0.6 is 0 Å². The van der Waals surface area contributed by atoms with Gasteiger partial charge in [-0.25, -0.2) is 0 Å². The van der Waals surface area contributed by atoms with Crippen LogP contribution in [-0.4, -0.2) is 63.2 Å². The van der Waals surface area contributed by atoms with E-state index in [4.69, 9.17) is 4.74 Å². The normalized spacial score (nSPS) is 37.6. The minimum atomic E-state index is -1.29. The molecule has 0 radical (unpaired) electrons. The molecule has 8 aliphatic carbocycles. The molecule has 9 aliphatic rings. The number of hydrogen-bond acceptors (Lipinski definition) is 6. The Hall–Kier alpha value is -4.07. The monoisotopic (exact) mass is 852 g/mol. The predicted octanol–water partition coefficient (Wildman–Crippen LogP) is 10.8. The summed E-state index contributed by atoms with van der Waals surface area (Å²) in [5.41, 5.74) is 1.42. The smallest absolute Gasteiger partial charge is 0.313 e. The summed E-state index contributed by atoms with van der Waals surface area (Å²) in [6.07, 6.45) is 14.5. The predicted molar refractivity (Wildman–Crippen MR) is 246 cm³/mol. The second-order valence-corrected chi connectivity index (χ2v) is 22.9. The fourth-order valence-corrected chi connectivity index (χ4v) is 15.3. The van der Waals surface area contributed by atoms with Crippen LogP contribution in [0.2, 0.25) is 0 Å². The van der Waals surface area contributed by atoms with Crippen LogP contribution in [0, 0.1) is 39.4 Å². The van der Waals surface area contributed by atoms with Gasteiger partial charge in [-0.1, -0.05) is 99.2 Å². The maximum atomic E-state index is 15.8. The molecule has 0 spiro atoms. The number of rotatable bonds is 8. The van der Waals surface area contributed by atoms with Crippen molar-refractivity contribution >= 4 is 17.7 Å². The third kappa shape index (κ3) is 6.74. The van der Waals surface area contributed by atoms with Gasteiger partial charge in [0.05, 0.1) is 23.7 Å². The number of benzene rings is 3. The van der Waals surface area contributed by atoms with Crippen LogP contribution in [0.25, 0.3) is 11.1 Å². The Morgan fingerprint density at radius 2 is 1.48 bits per heavy atom. The van der Waals surface area contributed by atoms with Gasteiger partial charge in [0.25, 0.3) is 5.91 Å². The number of aliphatic hydroxyl groups is 2. The fourth-order valence-electron chi connectivity index (χ4n) is 15.3. The standard InChI is InChI=1S/C56H69NO6/c1-36-12-11-22-52(4)47(44-20-18-37(29-42(58)19-17-36)30-46(44)48(59)45-16-10-9-15-43(45)41-13-7-6-8-14-41)21-23-55(52,62)35-57(34-54-31-38-26-39(32-54)28-40(27-38)33-54)49(60)56-25-24-53(5,50(61)63-56)51(56,2)3/h6-10,12-16,18,20,30,38-40,42,47,58,62H,11,17,19,21-29,31-35H2,1-5H3/t38?,39?,40?,42-,47-,52-,53-,54?,55+,56+/m0/s1. The summed E-state index contributed by atoms with van der Waals surface area (Å²) in [5, 5.41) is 25.0. The molecular formula is C56H69NO6. The summed E-state index contributed by atoms with van der Waals surface area (Å²) >= 11 is 0. The van der Waals surface area contributed by atoms with E-state index >= 15 is 9.59 Å². The topological polar surface area (TPSA) is 104 Å². The van der Waals surface area contributed by atoms with Gasteiger partial charge in [-0.15, -0.1) is 0 Å². The van der Waals surface area contributed by atoms with E-state index in [2.05, 4.69) is 45.9 Å². The first-order valence-electron chi connectivity index (χ1n) is 24.4. The zero-order valence-corrected chi connectivity index (χ0v) is 38.4. The van der Waals surface area contributed by atoms with Gasteiger partial charge in [0, 0.05) is 28.5 Å². The highest BCUT2D eigenvalue weighted by molar-refractivity contribution is 6.14. The summed E-state index contributed by atoms with van der Waals surface area (Å²) in [6, 6.07) is 24.1. The highest BCUT2D eigenvalue weighted by atomic mass is 16.6. The minimum absolute atomic E-state index is 0.000219. The molecule has 1 heterocycles. The number of amides is 1. The van der Waals surface area contributed by atoms with Crippen molar-refractivity contribution in [1.82, 2.24) is 4.90 Å². The molecule has 8 bridgehead atoms. The van der Waals surface area contributed by atoms with Crippen molar-refractivity contribution < 1.29 is 29.3 Å². The molecule has 7 nitrogen and oxygen atoms in total. The first-order valence-corrected chi connectivity index (χ1v) is 24.4. The van der Waals surface area contributed by atoms with E-state index in [1.165, 1.54) is 24.8 Å². The molecule has 6 saturated carbocycles.